The molecule has 1 aromatic heterocycles. The van der Waals surface area contributed by atoms with Gasteiger partial charge in [0.25, 0.3) is 5.89 Å². The summed E-state index contributed by atoms with van der Waals surface area (Å²) in [7, 11) is 0. The summed E-state index contributed by atoms with van der Waals surface area (Å²) in [5.41, 5.74) is 10.3. The fourth-order valence-electron chi connectivity index (χ4n) is 2.84. The Kier molecular flexibility index (Phi) is 5.56. The zero-order valence-corrected chi connectivity index (χ0v) is 17.9. The topological polar surface area (TPSA) is 74.2 Å². The Bertz CT molecular complexity index is 1160. The van der Waals surface area contributed by atoms with E-state index in [0.717, 1.165) is 26.7 Å². The van der Waals surface area contributed by atoms with E-state index >= 15 is 0 Å². The number of hydrogen-bond donors (Lipinski definition) is 1. The Labute approximate surface area is 181 Å². The lowest BCUT2D eigenvalue weighted by molar-refractivity contribution is 0.306. The summed E-state index contributed by atoms with van der Waals surface area (Å²) in [5.74, 6) is 1.60. The summed E-state index contributed by atoms with van der Waals surface area (Å²) in [5, 5.41) is 4.66. The molecule has 7 heteroatoms. The number of benzene rings is 3. The molecular weight excluding hydrogens is 454 g/mol. The Morgan fingerprint density at radius 2 is 1.90 bits per heavy atom. The molecule has 0 saturated heterocycles. The molecule has 0 fully saturated rings. The van der Waals surface area contributed by atoms with Gasteiger partial charge in [-0.3, -0.25) is 0 Å². The fraction of sp³-hybridized carbons (Fsp3) is 0.0909. The van der Waals surface area contributed by atoms with Crippen LogP contribution in [-0.4, -0.2) is 10.1 Å². The van der Waals surface area contributed by atoms with E-state index in [0.29, 0.717) is 34.8 Å². The van der Waals surface area contributed by atoms with Crippen molar-refractivity contribution in [1.29, 1.82) is 0 Å². The number of hydrogen-bond acceptors (Lipinski definition) is 5. The predicted octanol–water partition coefficient (Wildman–Crippen LogP) is 6.29. The summed E-state index contributed by atoms with van der Waals surface area (Å²) in [6.07, 6.45) is 0. The third kappa shape index (κ3) is 4.28. The van der Waals surface area contributed by atoms with Gasteiger partial charge in [-0.25, -0.2) is 0 Å². The molecule has 5 nitrogen and oxygen atoms in total. The maximum absolute atomic E-state index is 6.18. The van der Waals surface area contributed by atoms with E-state index in [1.165, 1.54) is 0 Å². The van der Waals surface area contributed by atoms with Crippen LogP contribution in [0.3, 0.4) is 0 Å². The fourth-order valence-corrected chi connectivity index (χ4v) is 3.57. The molecule has 0 bridgehead atoms. The zero-order chi connectivity index (χ0) is 20.4. The minimum absolute atomic E-state index is 0.402. The molecule has 4 aromatic rings. The maximum Gasteiger partial charge on any atom is 0.258 e. The van der Waals surface area contributed by atoms with Crippen molar-refractivity contribution in [2.45, 2.75) is 13.5 Å². The van der Waals surface area contributed by atoms with Crippen molar-refractivity contribution in [2.75, 3.05) is 5.73 Å². The van der Waals surface area contributed by atoms with Crippen LogP contribution in [0, 0.1) is 6.92 Å². The van der Waals surface area contributed by atoms with Crippen LogP contribution < -0.4 is 10.5 Å². The highest BCUT2D eigenvalue weighted by molar-refractivity contribution is 9.10. The molecule has 0 unspecified atom stereocenters. The van der Waals surface area contributed by atoms with Crippen molar-refractivity contribution in [3.05, 3.63) is 81.3 Å². The van der Waals surface area contributed by atoms with E-state index in [1.54, 1.807) is 6.07 Å². The number of anilines is 1. The van der Waals surface area contributed by atoms with Crippen molar-refractivity contribution in [3.8, 4) is 28.6 Å². The van der Waals surface area contributed by atoms with Crippen LogP contribution in [0.4, 0.5) is 5.69 Å². The second kappa shape index (κ2) is 8.27. The Balaban J connectivity index is 1.48. The third-order valence-electron chi connectivity index (χ3n) is 4.53. The van der Waals surface area contributed by atoms with Crippen molar-refractivity contribution in [3.63, 3.8) is 0 Å². The van der Waals surface area contributed by atoms with Crippen LogP contribution in [0.5, 0.6) is 5.75 Å². The van der Waals surface area contributed by atoms with E-state index in [4.69, 9.17) is 26.6 Å². The van der Waals surface area contributed by atoms with Crippen LogP contribution in [0.15, 0.2) is 69.7 Å². The molecular formula is C22H17BrClN3O2. The molecule has 29 heavy (non-hydrogen) atoms. The SMILES string of the molecule is Cc1c(N)cccc1-c1noc(-c2ccc(COc3ccc(Br)cc3Cl)cc2)n1. The predicted molar refractivity (Wildman–Crippen MR) is 118 cm³/mol. The van der Waals surface area contributed by atoms with E-state index in [2.05, 4.69) is 26.1 Å². The van der Waals surface area contributed by atoms with Gasteiger partial charge in [0.15, 0.2) is 0 Å². The molecule has 0 aliphatic carbocycles. The van der Waals surface area contributed by atoms with Gasteiger partial charge in [-0.05, 0) is 54.4 Å². The lowest BCUT2D eigenvalue weighted by Crippen LogP contribution is -1.96. The summed E-state index contributed by atoms with van der Waals surface area (Å²) in [6.45, 7) is 2.34. The Morgan fingerprint density at radius 3 is 2.66 bits per heavy atom. The summed E-state index contributed by atoms with van der Waals surface area (Å²) in [4.78, 5) is 4.51. The van der Waals surface area contributed by atoms with Gasteiger partial charge < -0.3 is 15.0 Å². The minimum atomic E-state index is 0.402. The molecule has 0 spiro atoms. The quantitative estimate of drug-likeness (QED) is 0.347. The Hall–Kier alpha value is -2.83. The average Bonchev–Trinajstić information content (AvgIpc) is 3.20. The van der Waals surface area contributed by atoms with Gasteiger partial charge in [-0.2, -0.15) is 4.98 Å². The number of nitrogens with two attached hydrogens (primary N) is 1. The van der Waals surface area contributed by atoms with Gasteiger partial charge in [0.1, 0.15) is 12.4 Å². The molecule has 3 aromatic carbocycles. The second-order valence-corrected chi connectivity index (χ2v) is 7.83. The van der Waals surface area contributed by atoms with E-state index in [1.807, 2.05) is 61.5 Å². The van der Waals surface area contributed by atoms with Gasteiger partial charge in [0, 0.05) is 21.3 Å². The minimum Gasteiger partial charge on any atom is -0.487 e. The summed E-state index contributed by atoms with van der Waals surface area (Å²) < 4.78 is 12.1. The maximum atomic E-state index is 6.18. The van der Waals surface area contributed by atoms with Gasteiger partial charge in [0.05, 0.1) is 5.02 Å². The lowest BCUT2D eigenvalue weighted by atomic mass is 10.1. The van der Waals surface area contributed by atoms with Crippen LogP contribution in [0.2, 0.25) is 5.02 Å². The van der Waals surface area contributed by atoms with Gasteiger partial charge in [0.2, 0.25) is 5.82 Å². The number of ether oxygens (including phenoxy) is 1. The van der Waals surface area contributed by atoms with Crippen LogP contribution >= 0.6 is 27.5 Å². The number of halogens is 2. The largest absolute Gasteiger partial charge is 0.487 e. The third-order valence-corrected chi connectivity index (χ3v) is 5.32. The average molecular weight is 471 g/mol. The first-order valence-corrected chi connectivity index (χ1v) is 10.0. The van der Waals surface area contributed by atoms with E-state index in [-0.39, 0.29) is 0 Å². The monoisotopic (exact) mass is 469 g/mol. The lowest BCUT2D eigenvalue weighted by Gasteiger charge is -2.08. The highest BCUT2D eigenvalue weighted by Crippen LogP contribution is 2.29. The number of rotatable bonds is 5. The smallest absolute Gasteiger partial charge is 0.258 e. The summed E-state index contributed by atoms with van der Waals surface area (Å²) in [6, 6.07) is 18.9. The number of nitrogen functional groups attached to an aromatic ring is 1. The van der Waals surface area contributed by atoms with Gasteiger partial charge in [-0.1, -0.05) is 57.0 Å². The highest BCUT2D eigenvalue weighted by Gasteiger charge is 2.13. The normalized spacial score (nSPS) is 10.9. The van der Waals surface area contributed by atoms with Crippen LogP contribution in [0.25, 0.3) is 22.8 Å². The molecule has 146 valence electrons. The molecule has 0 radical (unpaired) electrons. The van der Waals surface area contributed by atoms with Crippen molar-refractivity contribution >= 4 is 33.2 Å². The van der Waals surface area contributed by atoms with Crippen molar-refractivity contribution < 1.29 is 9.26 Å². The van der Waals surface area contributed by atoms with Crippen molar-refractivity contribution in [1.82, 2.24) is 10.1 Å². The molecule has 0 atom stereocenters. The molecule has 0 aliphatic heterocycles. The van der Waals surface area contributed by atoms with E-state index < -0.39 is 0 Å². The van der Waals surface area contributed by atoms with Gasteiger partial charge >= 0.3 is 0 Å². The van der Waals surface area contributed by atoms with Crippen LogP contribution in [0.1, 0.15) is 11.1 Å². The van der Waals surface area contributed by atoms with Crippen molar-refractivity contribution in [2.24, 2.45) is 0 Å². The number of aromatic nitrogens is 2. The first-order chi connectivity index (χ1) is 14.0. The molecule has 0 saturated carbocycles. The molecule has 0 amide bonds. The van der Waals surface area contributed by atoms with E-state index in [9.17, 15) is 0 Å². The molecule has 1 heterocycles. The zero-order valence-electron chi connectivity index (χ0n) is 15.5. The second-order valence-electron chi connectivity index (χ2n) is 6.50. The summed E-state index contributed by atoms with van der Waals surface area (Å²) >= 11 is 9.56. The van der Waals surface area contributed by atoms with Crippen LogP contribution in [-0.2, 0) is 6.61 Å². The Morgan fingerprint density at radius 1 is 1.10 bits per heavy atom. The first kappa shape index (κ1) is 19.5. The molecule has 4 rings (SSSR count). The van der Waals surface area contributed by atoms with Gasteiger partial charge in [-0.15, -0.1) is 0 Å². The molecule has 2 N–H and O–H groups in total. The first-order valence-electron chi connectivity index (χ1n) is 8.87. The number of nitrogens with zero attached hydrogens (tertiary/aromatic N) is 2. The standard InChI is InChI=1S/C22H17BrClN3O2/c1-13-17(3-2-4-19(13)25)21-26-22(29-27-21)15-7-5-14(6-8-15)12-28-20-10-9-16(23)11-18(20)24/h2-11H,12,25H2,1H3. The highest BCUT2D eigenvalue weighted by atomic mass is 79.9. The molecule has 0 aliphatic rings.